The molecule has 0 fully saturated rings. The van der Waals surface area contributed by atoms with Crippen LogP contribution >= 0.6 is 0 Å². The Hall–Kier alpha value is -2.10. The zero-order chi connectivity index (χ0) is 12.1. The summed E-state index contributed by atoms with van der Waals surface area (Å²) in [4.78, 5) is 17.8. The van der Waals surface area contributed by atoms with Crippen LogP contribution in [-0.4, -0.2) is 22.3 Å². The number of nitrogens with zero attached hydrogens (tertiary/aromatic N) is 1. The summed E-state index contributed by atoms with van der Waals surface area (Å²) < 4.78 is 0. The molecule has 1 atom stereocenters. The van der Waals surface area contributed by atoms with Crippen molar-refractivity contribution in [3.8, 4) is 0 Å². The number of aromatic nitrogens is 2. The summed E-state index contributed by atoms with van der Waals surface area (Å²) in [5, 5.41) is 3.12. The Morgan fingerprint density at radius 2 is 2.18 bits per heavy atom. The van der Waals surface area contributed by atoms with Crippen molar-refractivity contribution in [3.63, 3.8) is 0 Å². The lowest BCUT2D eigenvalue weighted by atomic mass is 10.1. The Morgan fingerprint density at radius 3 is 2.76 bits per heavy atom. The van der Waals surface area contributed by atoms with Crippen molar-refractivity contribution in [1.29, 1.82) is 0 Å². The van der Waals surface area contributed by atoms with Crippen molar-refractivity contribution < 1.29 is 4.79 Å². The molecule has 2 rings (SSSR count). The molecule has 1 aromatic heterocycles. The van der Waals surface area contributed by atoms with Crippen molar-refractivity contribution in [3.05, 3.63) is 48.0 Å². The van der Waals surface area contributed by atoms with Crippen molar-refractivity contribution in [2.45, 2.75) is 19.4 Å². The predicted molar refractivity (Wildman–Crippen MR) is 66.6 cm³/mol. The van der Waals surface area contributed by atoms with Gasteiger partial charge in [-0.05, 0) is 19.1 Å². The quantitative estimate of drug-likeness (QED) is 0.821. The summed E-state index contributed by atoms with van der Waals surface area (Å²) in [5.74, 6) is 0. The van der Waals surface area contributed by atoms with Crippen LogP contribution < -0.4 is 5.32 Å². The average Bonchev–Trinajstić information content (AvgIpc) is 2.84. The van der Waals surface area contributed by atoms with Crippen molar-refractivity contribution in [2.75, 3.05) is 5.32 Å². The minimum absolute atomic E-state index is 0.374. The molecule has 0 bridgehead atoms. The lowest BCUT2D eigenvalue weighted by molar-refractivity contribution is 0.544. The van der Waals surface area contributed by atoms with Crippen LogP contribution in [0.2, 0.25) is 0 Å². The molecule has 0 saturated heterocycles. The number of imidazole rings is 1. The molecule has 2 N–H and O–H groups in total. The summed E-state index contributed by atoms with van der Waals surface area (Å²) in [5.41, 5.74) is 2.95. The molecule has 1 radical (unpaired) electrons. The van der Waals surface area contributed by atoms with E-state index in [1.807, 2.05) is 37.5 Å². The van der Waals surface area contributed by atoms with E-state index in [0.29, 0.717) is 6.42 Å². The smallest absolute Gasteiger partial charge is 0.223 e. The molecule has 0 aliphatic heterocycles. The van der Waals surface area contributed by atoms with Gasteiger partial charge in [0.2, 0.25) is 6.29 Å². The molecule has 0 aliphatic rings. The fourth-order valence-electron chi connectivity index (χ4n) is 1.58. The summed E-state index contributed by atoms with van der Waals surface area (Å²) >= 11 is 0. The topological polar surface area (TPSA) is 57.8 Å². The number of rotatable bonds is 5. The minimum Gasteiger partial charge on any atom is -0.375 e. The molecule has 0 spiro atoms. The Balaban J connectivity index is 2.00. The third kappa shape index (κ3) is 3.17. The second-order valence-corrected chi connectivity index (χ2v) is 3.95. The van der Waals surface area contributed by atoms with Gasteiger partial charge in [0.1, 0.15) is 0 Å². The Kier molecular flexibility index (Phi) is 3.55. The number of hydrogen-bond donors (Lipinski definition) is 2. The molecule has 1 aromatic carbocycles. The van der Waals surface area contributed by atoms with Crippen molar-refractivity contribution >= 4 is 12.0 Å². The summed E-state index contributed by atoms with van der Waals surface area (Å²) in [6, 6.07) is 7.52. The van der Waals surface area contributed by atoms with E-state index < -0.39 is 0 Å². The van der Waals surface area contributed by atoms with Crippen LogP contribution in [0.3, 0.4) is 0 Å². The molecule has 0 unspecified atom stereocenters. The van der Waals surface area contributed by atoms with Crippen LogP contribution in [0.25, 0.3) is 0 Å². The van der Waals surface area contributed by atoms with Crippen molar-refractivity contribution in [1.82, 2.24) is 9.97 Å². The number of carbonyl (C=O) groups excluding carboxylic acids is 1. The first-order valence-electron chi connectivity index (χ1n) is 5.46. The second-order valence-electron chi connectivity index (χ2n) is 3.95. The molecule has 0 amide bonds. The van der Waals surface area contributed by atoms with Gasteiger partial charge < -0.3 is 10.3 Å². The van der Waals surface area contributed by atoms with E-state index in [4.69, 9.17) is 0 Å². The van der Waals surface area contributed by atoms with Crippen LogP contribution in [0.4, 0.5) is 5.69 Å². The highest BCUT2D eigenvalue weighted by Crippen LogP contribution is 2.11. The van der Waals surface area contributed by atoms with E-state index in [1.54, 1.807) is 12.5 Å². The van der Waals surface area contributed by atoms with E-state index in [1.165, 1.54) is 5.56 Å². The molecule has 2 aromatic rings. The molecule has 1 heterocycles. The van der Waals surface area contributed by atoms with Crippen molar-refractivity contribution in [2.24, 2.45) is 0 Å². The van der Waals surface area contributed by atoms with Crippen LogP contribution in [-0.2, 0) is 11.2 Å². The fraction of sp³-hybridized carbons (Fsp3) is 0.231. The Morgan fingerprint density at radius 1 is 1.41 bits per heavy atom. The first-order valence-corrected chi connectivity index (χ1v) is 5.46. The zero-order valence-corrected chi connectivity index (χ0v) is 9.60. The van der Waals surface area contributed by atoms with E-state index in [-0.39, 0.29) is 6.04 Å². The highest BCUT2D eigenvalue weighted by atomic mass is 16.1. The maximum absolute atomic E-state index is 10.9. The van der Waals surface area contributed by atoms with Gasteiger partial charge in [-0.1, -0.05) is 17.7 Å². The molecule has 17 heavy (non-hydrogen) atoms. The van der Waals surface area contributed by atoms with Gasteiger partial charge in [0.05, 0.1) is 18.1 Å². The first kappa shape index (κ1) is 11.4. The van der Waals surface area contributed by atoms with Gasteiger partial charge in [0.25, 0.3) is 0 Å². The van der Waals surface area contributed by atoms with E-state index in [9.17, 15) is 4.79 Å². The molecule has 87 valence electrons. The number of anilines is 1. The number of aryl methyl sites for hydroxylation is 1. The Labute approximate surface area is 100 Å². The summed E-state index contributed by atoms with van der Waals surface area (Å²) in [6.07, 6.45) is 5.90. The molecule has 4 heteroatoms. The summed E-state index contributed by atoms with van der Waals surface area (Å²) in [7, 11) is 0. The van der Waals surface area contributed by atoms with Crippen LogP contribution in [0.1, 0.15) is 11.3 Å². The van der Waals surface area contributed by atoms with Gasteiger partial charge in [-0.15, -0.1) is 0 Å². The van der Waals surface area contributed by atoms with E-state index in [0.717, 1.165) is 11.4 Å². The molecule has 0 aliphatic carbocycles. The lowest BCUT2D eigenvalue weighted by Crippen LogP contribution is -2.23. The highest BCUT2D eigenvalue weighted by Gasteiger charge is 2.10. The van der Waals surface area contributed by atoms with Gasteiger partial charge in [0.15, 0.2) is 0 Å². The number of benzene rings is 1. The van der Waals surface area contributed by atoms with Gasteiger partial charge in [-0.2, -0.15) is 0 Å². The molecular formula is C13H14N3O. The van der Waals surface area contributed by atoms with Crippen LogP contribution in [0, 0.1) is 6.92 Å². The molecule has 0 saturated carbocycles. The minimum atomic E-state index is -0.374. The predicted octanol–water partition coefficient (Wildman–Crippen LogP) is 1.85. The van der Waals surface area contributed by atoms with E-state index in [2.05, 4.69) is 15.3 Å². The number of aromatic amines is 1. The summed E-state index contributed by atoms with van der Waals surface area (Å²) in [6.45, 7) is 2.02. The number of hydrogen-bond acceptors (Lipinski definition) is 3. The standard InChI is InChI=1S/C13H14N3O/c1-10-2-4-11(5-3-10)16-13(8-17)6-12-7-14-9-15-12/h2-5,7,9,13,16H,6H2,1H3,(H,14,15)/t13-/m0/s1. The van der Waals surface area contributed by atoms with Gasteiger partial charge in [-0.25, -0.2) is 4.98 Å². The van der Waals surface area contributed by atoms with Gasteiger partial charge in [-0.3, -0.25) is 4.79 Å². The fourth-order valence-corrected chi connectivity index (χ4v) is 1.58. The lowest BCUT2D eigenvalue weighted by Gasteiger charge is -2.12. The van der Waals surface area contributed by atoms with Gasteiger partial charge >= 0.3 is 0 Å². The first-order chi connectivity index (χ1) is 8.28. The van der Waals surface area contributed by atoms with Gasteiger partial charge in [0, 0.05) is 18.3 Å². The number of nitrogens with one attached hydrogen (secondary N) is 2. The maximum atomic E-state index is 10.9. The highest BCUT2D eigenvalue weighted by molar-refractivity contribution is 5.65. The van der Waals surface area contributed by atoms with Crippen LogP contribution in [0.5, 0.6) is 0 Å². The third-order valence-electron chi connectivity index (χ3n) is 2.50. The average molecular weight is 228 g/mol. The molecular weight excluding hydrogens is 214 g/mol. The SMILES string of the molecule is Cc1ccc(N[C@H]([C]=O)Cc2c[nH]cn2)cc1. The monoisotopic (exact) mass is 228 g/mol. The molecule has 4 nitrogen and oxygen atoms in total. The largest absolute Gasteiger partial charge is 0.375 e. The maximum Gasteiger partial charge on any atom is 0.223 e. The third-order valence-corrected chi connectivity index (χ3v) is 2.50. The normalized spacial score (nSPS) is 12.1. The van der Waals surface area contributed by atoms with Crippen LogP contribution in [0.15, 0.2) is 36.8 Å². The van der Waals surface area contributed by atoms with E-state index >= 15 is 0 Å². The number of H-pyrrole nitrogens is 1. The Bertz CT molecular complexity index is 462. The second kappa shape index (κ2) is 5.30. The zero-order valence-electron chi connectivity index (χ0n) is 9.60.